The highest BCUT2D eigenvalue weighted by Crippen LogP contribution is 2.39. The van der Waals surface area contributed by atoms with Crippen LogP contribution >= 0.6 is 0 Å². The van der Waals surface area contributed by atoms with Gasteiger partial charge in [-0.05, 0) is 69.0 Å². The monoisotopic (exact) mass is 392 g/mol. The SMILES string of the molecule is Cc1cc(C(F)(F)F)cc(O)c1-c1cc2c(nn1)N(CC1CCNCC1)CC2. The fourth-order valence-electron chi connectivity index (χ4n) is 4.18. The molecule has 2 N–H and O–H groups in total. The van der Waals surface area contributed by atoms with Crippen molar-refractivity contribution < 1.29 is 18.3 Å². The van der Waals surface area contributed by atoms with Crippen molar-refractivity contribution in [2.45, 2.75) is 32.4 Å². The van der Waals surface area contributed by atoms with Gasteiger partial charge in [0.25, 0.3) is 0 Å². The Bertz CT molecular complexity index is 855. The van der Waals surface area contributed by atoms with Gasteiger partial charge in [0.1, 0.15) is 5.75 Å². The van der Waals surface area contributed by atoms with E-state index in [0.717, 1.165) is 69.0 Å². The van der Waals surface area contributed by atoms with Crippen molar-refractivity contribution in [3.8, 4) is 17.0 Å². The Morgan fingerprint density at radius 3 is 2.61 bits per heavy atom. The first-order valence-electron chi connectivity index (χ1n) is 9.56. The van der Waals surface area contributed by atoms with E-state index in [1.807, 2.05) is 6.07 Å². The Morgan fingerprint density at radius 1 is 1.18 bits per heavy atom. The van der Waals surface area contributed by atoms with E-state index in [1.54, 1.807) is 6.92 Å². The first-order valence-corrected chi connectivity index (χ1v) is 9.56. The molecule has 8 heteroatoms. The summed E-state index contributed by atoms with van der Waals surface area (Å²) in [6.07, 6.45) is -1.38. The van der Waals surface area contributed by atoms with Crippen LogP contribution in [0, 0.1) is 12.8 Å². The third kappa shape index (κ3) is 3.65. The van der Waals surface area contributed by atoms with Crippen LogP contribution in [0.1, 0.15) is 29.5 Å². The molecule has 0 atom stereocenters. The summed E-state index contributed by atoms with van der Waals surface area (Å²) in [5.41, 5.74) is 1.20. The standard InChI is InChI=1S/C20H23F3N4O/c1-12-8-15(20(21,22)23)10-17(28)18(12)16-9-14-4-7-27(19(14)26-25-16)11-13-2-5-24-6-3-13/h8-10,13,24,28H,2-7,11H2,1H3. The quantitative estimate of drug-likeness (QED) is 0.837. The Hall–Kier alpha value is -2.35. The number of aryl methyl sites for hydroxylation is 1. The van der Waals surface area contributed by atoms with Gasteiger partial charge in [-0.3, -0.25) is 0 Å². The molecule has 2 aliphatic heterocycles. The maximum absolute atomic E-state index is 12.9. The Morgan fingerprint density at radius 2 is 1.93 bits per heavy atom. The van der Waals surface area contributed by atoms with Gasteiger partial charge < -0.3 is 15.3 Å². The summed E-state index contributed by atoms with van der Waals surface area (Å²) in [5.74, 6) is 1.06. The molecule has 0 unspecified atom stereocenters. The molecule has 2 aliphatic rings. The van der Waals surface area contributed by atoms with Crippen molar-refractivity contribution in [2.75, 3.05) is 31.1 Å². The van der Waals surface area contributed by atoms with Crippen LogP contribution in [0.4, 0.5) is 19.0 Å². The number of alkyl halides is 3. The predicted molar refractivity (Wildman–Crippen MR) is 100 cm³/mol. The van der Waals surface area contributed by atoms with Crippen molar-refractivity contribution in [3.05, 3.63) is 34.9 Å². The molecule has 1 fully saturated rings. The molecule has 5 nitrogen and oxygen atoms in total. The van der Waals surface area contributed by atoms with Gasteiger partial charge in [0.2, 0.25) is 0 Å². The van der Waals surface area contributed by atoms with E-state index in [-0.39, 0.29) is 0 Å². The Labute approximate surface area is 161 Å². The first kappa shape index (κ1) is 19.0. The number of nitrogens with one attached hydrogen (secondary N) is 1. The number of anilines is 1. The van der Waals surface area contributed by atoms with Gasteiger partial charge in [0.05, 0.1) is 11.3 Å². The number of halogens is 3. The zero-order valence-electron chi connectivity index (χ0n) is 15.7. The minimum atomic E-state index is -4.50. The Kier molecular flexibility index (Phi) is 4.91. The summed E-state index contributed by atoms with van der Waals surface area (Å²) in [6, 6.07) is 3.63. The van der Waals surface area contributed by atoms with Crippen LogP contribution in [0.5, 0.6) is 5.75 Å². The van der Waals surface area contributed by atoms with E-state index in [4.69, 9.17) is 0 Å². The molecule has 4 rings (SSSR count). The lowest BCUT2D eigenvalue weighted by Crippen LogP contribution is -2.35. The van der Waals surface area contributed by atoms with Gasteiger partial charge in [0, 0.05) is 24.2 Å². The van der Waals surface area contributed by atoms with E-state index < -0.39 is 17.5 Å². The van der Waals surface area contributed by atoms with Gasteiger partial charge in [-0.2, -0.15) is 13.2 Å². The molecule has 1 aromatic carbocycles. The van der Waals surface area contributed by atoms with Crippen molar-refractivity contribution >= 4 is 5.82 Å². The van der Waals surface area contributed by atoms with E-state index >= 15 is 0 Å². The van der Waals surface area contributed by atoms with Crippen LogP contribution < -0.4 is 10.2 Å². The average Bonchev–Trinajstić information content (AvgIpc) is 3.03. The molecule has 0 amide bonds. The molecule has 28 heavy (non-hydrogen) atoms. The van der Waals surface area contributed by atoms with E-state index in [2.05, 4.69) is 20.4 Å². The summed E-state index contributed by atoms with van der Waals surface area (Å²) < 4.78 is 38.8. The van der Waals surface area contributed by atoms with Crippen LogP contribution in [-0.2, 0) is 12.6 Å². The van der Waals surface area contributed by atoms with Crippen molar-refractivity contribution in [1.82, 2.24) is 15.5 Å². The second-order valence-corrected chi connectivity index (χ2v) is 7.65. The minimum Gasteiger partial charge on any atom is -0.507 e. The fourth-order valence-corrected chi connectivity index (χ4v) is 4.18. The Balaban J connectivity index is 1.60. The molecule has 3 heterocycles. The normalized spacial score (nSPS) is 17.8. The third-order valence-electron chi connectivity index (χ3n) is 5.64. The summed E-state index contributed by atoms with van der Waals surface area (Å²) in [6.45, 7) is 5.45. The summed E-state index contributed by atoms with van der Waals surface area (Å²) in [5, 5.41) is 22.2. The highest BCUT2D eigenvalue weighted by molar-refractivity contribution is 5.73. The summed E-state index contributed by atoms with van der Waals surface area (Å²) >= 11 is 0. The number of hydrogen-bond donors (Lipinski definition) is 2. The van der Waals surface area contributed by atoms with Gasteiger partial charge in [-0.25, -0.2) is 0 Å². The number of aromatic hydroxyl groups is 1. The number of phenols is 1. The van der Waals surface area contributed by atoms with Crippen LogP contribution in [0.25, 0.3) is 11.3 Å². The number of benzene rings is 1. The van der Waals surface area contributed by atoms with E-state index in [1.165, 1.54) is 0 Å². The molecule has 0 radical (unpaired) electrons. The smallest absolute Gasteiger partial charge is 0.416 e. The highest BCUT2D eigenvalue weighted by Gasteiger charge is 2.32. The maximum atomic E-state index is 12.9. The van der Waals surface area contributed by atoms with Gasteiger partial charge in [0.15, 0.2) is 5.82 Å². The number of phenolic OH excluding ortho intramolecular Hbond substituents is 1. The van der Waals surface area contributed by atoms with Crippen molar-refractivity contribution in [2.24, 2.45) is 5.92 Å². The zero-order valence-corrected chi connectivity index (χ0v) is 15.7. The number of piperidine rings is 1. The second-order valence-electron chi connectivity index (χ2n) is 7.65. The zero-order chi connectivity index (χ0) is 19.9. The topological polar surface area (TPSA) is 61.3 Å². The lowest BCUT2D eigenvalue weighted by molar-refractivity contribution is -0.137. The third-order valence-corrected chi connectivity index (χ3v) is 5.64. The first-order chi connectivity index (χ1) is 13.3. The molecule has 0 aliphatic carbocycles. The van der Waals surface area contributed by atoms with Gasteiger partial charge in [-0.15, -0.1) is 10.2 Å². The summed E-state index contributed by atoms with van der Waals surface area (Å²) in [7, 11) is 0. The average molecular weight is 392 g/mol. The lowest BCUT2D eigenvalue weighted by atomic mass is 9.98. The summed E-state index contributed by atoms with van der Waals surface area (Å²) in [4.78, 5) is 2.25. The maximum Gasteiger partial charge on any atom is 0.416 e. The number of rotatable bonds is 3. The van der Waals surface area contributed by atoms with Gasteiger partial charge >= 0.3 is 6.18 Å². The molecule has 1 aromatic heterocycles. The largest absolute Gasteiger partial charge is 0.507 e. The molecular weight excluding hydrogens is 369 g/mol. The van der Waals surface area contributed by atoms with Crippen molar-refractivity contribution in [1.29, 1.82) is 0 Å². The molecule has 0 saturated carbocycles. The second kappa shape index (κ2) is 7.24. The minimum absolute atomic E-state index is 0.306. The van der Waals surface area contributed by atoms with Crippen LogP contribution in [0.3, 0.4) is 0 Å². The fraction of sp³-hybridized carbons (Fsp3) is 0.500. The predicted octanol–water partition coefficient (Wildman–Crippen LogP) is 3.54. The van der Waals surface area contributed by atoms with Crippen LogP contribution in [-0.4, -0.2) is 41.5 Å². The number of nitrogens with zero attached hydrogens (tertiary/aromatic N) is 3. The van der Waals surface area contributed by atoms with E-state index in [9.17, 15) is 18.3 Å². The highest BCUT2D eigenvalue weighted by atomic mass is 19.4. The molecule has 150 valence electrons. The van der Waals surface area contributed by atoms with Crippen LogP contribution in [0.15, 0.2) is 18.2 Å². The number of fused-ring (bicyclic) bond motifs is 1. The number of aromatic nitrogens is 2. The molecule has 1 saturated heterocycles. The molecule has 0 spiro atoms. The number of hydrogen-bond acceptors (Lipinski definition) is 5. The molecular formula is C20H23F3N4O. The van der Waals surface area contributed by atoms with E-state index in [0.29, 0.717) is 22.7 Å². The van der Waals surface area contributed by atoms with Crippen LogP contribution in [0.2, 0.25) is 0 Å². The van der Waals surface area contributed by atoms with Gasteiger partial charge in [-0.1, -0.05) is 0 Å². The van der Waals surface area contributed by atoms with Crippen molar-refractivity contribution in [3.63, 3.8) is 0 Å². The lowest BCUT2D eigenvalue weighted by Gasteiger charge is -2.28. The molecule has 0 bridgehead atoms. The molecule has 2 aromatic rings.